The van der Waals surface area contributed by atoms with Crippen molar-refractivity contribution in [3.63, 3.8) is 0 Å². The Kier molecular flexibility index (Phi) is 4.66. The van der Waals surface area contributed by atoms with Crippen molar-refractivity contribution < 1.29 is 9.53 Å². The fraction of sp³-hybridized carbons (Fsp3) is 0.333. The number of hydrogen-bond donors (Lipinski definition) is 3. The lowest BCUT2D eigenvalue weighted by Crippen LogP contribution is -2.33. The van der Waals surface area contributed by atoms with E-state index in [1.54, 1.807) is 13.1 Å². The molecule has 1 atom stereocenters. The van der Waals surface area contributed by atoms with Crippen LogP contribution in [-0.4, -0.2) is 31.9 Å². The number of para-hydroxylation sites is 1. The standard InChI is InChI=1S/C12H17N3O2/c1-15-10-6-4-3-5-8(10)12(14)9(13)7-11(16)17-2/h3-6,9,14-15H,7,13H2,1-2H3. The first kappa shape index (κ1) is 13.2. The molecule has 4 N–H and O–H groups in total. The average molecular weight is 235 g/mol. The minimum Gasteiger partial charge on any atom is -0.469 e. The van der Waals surface area contributed by atoms with Gasteiger partial charge in [0.1, 0.15) is 0 Å². The highest BCUT2D eigenvalue weighted by atomic mass is 16.5. The van der Waals surface area contributed by atoms with Crippen LogP contribution in [0.3, 0.4) is 0 Å². The maximum atomic E-state index is 11.1. The second-order valence-corrected chi connectivity index (χ2v) is 3.60. The second kappa shape index (κ2) is 6.00. The molecular weight excluding hydrogens is 218 g/mol. The summed E-state index contributed by atoms with van der Waals surface area (Å²) in [7, 11) is 3.08. The van der Waals surface area contributed by atoms with Crippen LogP contribution in [0.5, 0.6) is 0 Å². The summed E-state index contributed by atoms with van der Waals surface area (Å²) >= 11 is 0. The van der Waals surface area contributed by atoms with Crippen LogP contribution in [0.4, 0.5) is 5.69 Å². The van der Waals surface area contributed by atoms with Gasteiger partial charge in [-0.1, -0.05) is 18.2 Å². The Labute approximate surface area is 100 Å². The predicted molar refractivity (Wildman–Crippen MR) is 67.4 cm³/mol. The molecule has 92 valence electrons. The molecule has 0 saturated heterocycles. The minimum atomic E-state index is -0.656. The van der Waals surface area contributed by atoms with Crippen LogP contribution in [0.15, 0.2) is 24.3 Å². The van der Waals surface area contributed by atoms with Gasteiger partial charge in [-0.05, 0) is 6.07 Å². The molecule has 0 aliphatic carbocycles. The van der Waals surface area contributed by atoms with Crippen molar-refractivity contribution in [1.82, 2.24) is 0 Å². The van der Waals surface area contributed by atoms with Gasteiger partial charge >= 0.3 is 5.97 Å². The Morgan fingerprint density at radius 2 is 2.18 bits per heavy atom. The van der Waals surface area contributed by atoms with Crippen LogP contribution in [0.1, 0.15) is 12.0 Å². The van der Waals surface area contributed by atoms with Gasteiger partial charge in [0.15, 0.2) is 0 Å². The van der Waals surface area contributed by atoms with Gasteiger partial charge in [-0.25, -0.2) is 0 Å². The number of hydrogen-bond acceptors (Lipinski definition) is 5. The predicted octanol–water partition coefficient (Wildman–Crippen LogP) is 0.987. The molecule has 1 aromatic carbocycles. The van der Waals surface area contributed by atoms with Crippen molar-refractivity contribution in [3.8, 4) is 0 Å². The van der Waals surface area contributed by atoms with Crippen LogP contribution in [0, 0.1) is 5.41 Å². The smallest absolute Gasteiger partial charge is 0.307 e. The monoisotopic (exact) mass is 235 g/mol. The number of anilines is 1. The highest BCUT2D eigenvalue weighted by Crippen LogP contribution is 2.16. The first-order valence-corrected chi connectivity index (χ1v) is 5.28. The summed E-state index contributed by atoms with van der Waals surface area (Å²) < 4.78 is 4.53. The Hall–Kier alpha value is -1.88. The van der Waals surface area contributed by atoms with E-state index in [2.05, 4.69) is 10.1 Å². The number of benzene rings is 1. The van der Waals surface area contributed by atoms with Gasteiger partial charge in [0.05, 0.1) is 25.3 Å². The summed E-state index contributed by atoms with van der Waals surface area (Å²) in [6.45, 7) is 0. The molecule has 0 aliphatic rings. The normalized spacial score (nSPS) is 11.7. The fourth-order valence-electron chi connectivity index (χ4n) is 1.50. The summed E-state index contributed by atoms with van der Waals surface area (Å²) in [6, 6.07) is 6.70. The summed E-state index contributed by atoms with van der Waals surface area (Å²) in [5, 5.41) is 11.0. The topological polar surface area (TPSA) is 88.2 Å². The third-order valence-electron chi connectivity index (χ3n) is 2.47. The zero-order valence-electron chi connectivity index (χ0n) is 9.99. The summed E-state index contributed by atoms with van der Waals surface area (Å²) in [4.78, 5) is 11.1. The van der Waals surface area contributed by atoms with Crippen molar-refractivity contribution in [2.24, 2.45) is 5.73 Å². The van der Waals surface area contributed by atoms with Gasteiger partial charge in [0.25, 0.3) is 0 Å². The van der Waals surface area contributed by atoms with E-state index in [0.717, 1.165) is 5.69 Å². The molecule has 5 heteroatoms. The van der Waals surface area contributed by atoms with Crippen LogP contribution >= 0.6 is 0 Å². The third-order valence-corrected chi connectivity index (χ3v) is 2.47. The molecule has 0 aliphatic heterocycles. The molecule has 17 heavy (non-hydrogen) atoms. The highest BCUT2D eigenvalue weighted by molar-refractivity contribution is 6.07. The van der Waals surface area contributed by atoms with Gasteiger partial charge < -0.3 is 21.2 Å². The van der Waals surface area contributed by atoms with Crippen molar-refractivity contribution in [3.05, 3.63) is 29.8 Å². The second-order valence-electron chi connectivity index (χ2n) is 3.60. The van der Waals surface area contributed by atoms with Crippen molar-refractivity contribution in [1.29, 1.82) is 5.41 Å². The number of methoxy groups -OCH3 is 1. The molecule has 5 nitrogen and oxygen atoms in total. The zero-order valence-corrected chi connectivity index (χ0v) is 9.99. The molecule has 1 unspecified atom stereocenters. The van der Waals surface area contributed by atoms with Crippen molar-refractivity contribution in [2.45, 2.75) is 12.5 Å². The van der Waals surface area contributed by atoms with E-state index < -0.39 is 12.0 Å². The first-order valence-electron chi connectivity index (χ1n) is 5.28. The number of nitrogens with one attached hydrogen (secondary N) is 2. The van der Waals surface area contributed by atoms with Crippen LogP contribution in [0.25, 0.3) is 0 Å². The lowest BCUT2D eigenvalue weighted by Gasteiger charge is -2.15. The van der Waals surface area contributed by atoms with Gasteiger partial charge in [-0.15, -0.1) is 0 Å². The number of carbonyl (C=O) groups excluding carboxylic acids is 1. The molecule has 0 bridgehead atoms. The summed E-state index contributed by atoms with van der Waals surface area (Å²) in [6.07, 6.45) is 0.00732. The lowest BCUT2D eigenvalue weighted by molar-refractivity contribution is -0.140. The number of ether oxygens (including phenoxy) is 1. The summed E-state index contributed by atoms with van der Waals surface area (Å²) in [5.74, 6) is -0.413. The number of nitrogens with two attached hydrogens (primary N) is 1. The molecule has 0 heterocycles. The largest absolute Gasteiger partial charge is 0.469 e. The van der Waals surface area contributed by atoms with E-state index >= 15 is 0 Å². The summed E-state index contributed by atoms with van der Waals surface area (Å²) in [5.41, 5.74) is 7.54. The molecule has 0 amide bonds. The SMILES string of the molecule is CNc1ccccc1C(=N)C(N)CC(=O)OC. The van der Waals surface area contributed by atoms with E-state index in [9.17, 15) is 4.79 Å². The van der Waals surface area contributed by atoms with Crippen LogP contribution < -0.4 is 11.1 Å². The van der Waals surface area contributed by atoms with E-state index in [4.69, 9.17) is 11.1 Å². The first-order chi connectivity index (χ1) is 8.10. The van der Waals surface area contributed by atoms with Crippen molar-refractivity contribution >= 4 is 17.4 Å². The van der Waals surface area contributed by atoms with Gasteiger partial charge in [-0.3, -0.25) is 4.79 Å². The molecule has 1 rings (SSSR count). The van der Waals surface area contributed by atoms with E-state index in [1.165, 1.54) is 7.11 Å². The average Bonchev–Trinajstić information content (AvgIpc) is 2.37. The van der Waals surface area contributed by atoms with Gasteiger partial charge in [-0.2, -0.15) is 0 Å². The van der Waals surface area contributed by atoms with Crippen LogP contribution in [0.2, 0.25) is 0 Å². The molecule has 0 spiro atoms. The maximum absolute atomic E-state index is 11.1. The van der Waals surface area contributed by atoms with Crippen molar-refractivity contribution in [2.75, 3.05) is 19.5 Å². The number of carbonyl (C=O) groups is 1. The zero-order chi connectivity index (χ0) is 12.8. The molecule has 0 fully saturated rings. The lowest BCUT2D eigenvalue weighted by atomic mass is 10.00. The molecular formula is C12H17N3O2. The van der Waals surface area contributed by atoms with E-state index in [0.29, 0.717) is 5.56 Å². The molecule has 0 aromatic heterocycles. The van der Waals surface area contributed by atoms with Gasteiger partial charge in [0.2, 0.25) is 0 Å². The fourth-order valence-corrected chi connectivity index (χ4v) is 1.50. The Morgan fingerprint density at radius 1 is 1.53 bits per heavy atom. The van der Waals surface area contributed by atoms with Crippen LogP contribution in [-0.2, 0) is 9.53 Å². The number of esters is 1. The Bertz CT molecular complexity index is 418. The molecule has 0 saturated carbocycles. The maximum Gasteiger partial charge on any atom is 0.307 e. The third kappa shape index (κ3) is 3.29. The molecule has 1 aromatic rings. The van der Waals surface area contributed by atoms with E-state index in [1.807, 2.05) is 18.2 Å². The van der Waals surface area contributed by atoms with Gasteiger partial charge in [0, 0.05) is 18.3 Å². The Morgan fingerprint density at radius 3 is 2.76 bits per heavy atom. The molecule has 0 radical (unpaired) electrons. The van der Waals surface area contributed by atoms with E-state index in [-0.39, 0.29) is 12.1 Å². The highest BCUT2D eigenvalue weighted by Gasteiger charge is 2.17. The Balaban J connectivity index is 2.85. The number of rotatable bonds is 5. The minimum absolute atomic E-state index is 0.00732. The quantitative estimate of drug-likeness (QED) is 0.524.